The van der Waals surface area contributed by atoms with E-state index in [1.165, 1.54) is 43.7 Å². The predicted octanol–water partition coefficient (Wildman–Crippen LogP) is 6.37. The van der Waals surface area contributed by atoms with Crippen molar-refractivity contribution in [2.45, 2.75) is 58.2 Å². The van der Waals surface area contributed by atoms with Crippen LogP contribution in [0.3, 0.4) is 0 Å². The second-order valence-corrected chi connectivity index (χ2v) is 9.95. The van der Waals surface area contributed by atoms with E-state index in [-0.39, 0.29) is 12.4 Å². The molecule has 5 heteroatoms. The van der Waals surface area contributed by atoms with Gasteiger partial charge < -0.3 is 14.8 Å². The van der Waals surface area contributed by atoms with Crippen LogP contribution in [0.25, 0.3) is 0 Å². The molecule has 0 amide bonds. The molecule has 4 bridgehead atoms. The van der Waals surface area contributed by atoms with Crippen molar-refractivity contribution in [2.24, 2.45) is 23.7 Å². The van der Waals surface area contributed by atoms with Gasteiger partial charge in [-0.1, -0.05) is 23.7 Å². The fourth-order valence-corrected chi connectivity index (χ4v) is 6.58. The molecule has 166 valence electrons. The number of hydrogen-bond acceptors (Lipinski definition) is 3. The third-order valence-corrected chi connectivity index (χ3v) is 7.86. The van der Waals surface area contributed by atoms with Crippen molar-refractivity contribution in [3.8, 4) is 11.5 Å². The molecule has 4 saturated carbocycles. The Morgan fingerprint density at radius 2 is 1.71 bits per heavy atom. The van der Waals surface area contributed by atoms with Gasteiger partial charge in [-0.25, -0.2) is 4.39 Å². The lowest BCUT2D eigenvalue weighted by Crippen LogP contribution is -2.54. The first-order valence-corrected chi connectivity index (χ1v) is 12.0. The largest absolute Gasteiger partial charge is 0.490 e. The van der Waals surface area contributed by atoms with E-state index < -0.39 is 0 Å². The average molecular weight is 444 g/mol. The summed E-state index contributed by atoms with van der Waals surface area (Å²) in [5, 5.41) is 4.25. The topological polar surface area (TPSA) is 30.5 Å². The van der Waals surface area contributed by atoms with Gasteiger partial charge in [0.05, 0.1) is 11.6 Å². The normalized spacial score (nSPS) is 28.7. The molecule has 0 saturated heterocycles. The molecule has 4 fully saturated rings. The molecular formula is C26H31ClFNO2. The maximum absolute atomic E-state index is 14.1. The van der Waals surface area contributed by atoms with Crippen molar-refractivity contribution < 1.29 is 13.9 Å². The Bertz CT molecular complexity index is 885. The maximum Gasteiger partial charge on any atom is 0.161 e. The molecule has 0 aromatic heterocycles. The molecule has 0 atom stereocenters. The molecular weight excluding hydrogens is 413 g/mol. The third-order valence-electron chi connectivity index (χ3n) is 7.51. The summed E-state index contributed by atoms with van der Waals surface area (Å²) in [4.78, 5) is 0. The summed E-state index contributed by atoms with van der Waals surface area (Å²) in [7, 11) is 0. The van der Waals surface area contributed by atoms with Crippen molar-refractivity contribution in [3.63, 3.8) is 0 Å². The molecule has 0 heterocycles. The van der Waals surface area contributed by atoms with Gasteiger partial charge in [-0.05, 0) is 92.5 Å². The first kappa shape index (κ1) is 21.1. The van der Waals surface area contributed by atoms with E-state index in [9.17, 15) is 4.39 Å². The minimum absolute atomic E-state index is 0.0664. The average Bonchev–Trinajstić information content (AvgIpc) is 2.74. The van der Waals surface area contributed by atoms with Gasteiger partial charge >= 0.3 is 0 Å². The molecule has 3 nitrogen and oxygen atoms in total. The molecule has 6 rings (SSSR count). The highest BCUT2D eigenvalue weighted by molar-refractivity contribution is 6.31. The molecule has 0 unspecified atom stereocenters. The molecule has 2 aromatic rings. The van der Waals surface area contributed by atoms with Gasteiger partial charge in [0.15, 0.2) is 11.5 Å². The van der Waals surface area contributed by atoms with Gasteiger partial charge in [0.2, 0.25) is 0 Å². The van der Waals surface area contributed by atoms with Gasteiger partial charge in [0.1, 0.15) is 12.4 Å². The fraction of sp³-hybridized carbons (Fsp3) is 0.538. The van der Waals surface area contributed by atoms with Crippen LogP contribution < -0.4 is 14.8 Å². The molecule has 0 spiro atoms. The summed E-state index contributed by atoms with van der Waals surface area (Å²) < 4.78 is 25.8. The molecule has 0 radical (unpaired) electrons. The zero-order valence-electron chi connectivity index (χ0n) is 18.1. The lowest BCUT2D eigenvalue weighted by atomic mass is 9.54. The summed E-state index contributed by atoms with van der Waals surface area (Å²) in [6, 6.07) is 11.4. The Kier molecular flexibility index (Phi) is 6.12. The molecule has 2 aromatic carbocycles. The summed E-state index contributed by atoms with van der Waals surface area (Å²) in [5.74, 6) is 4.64. The Labute approximate surface area is 189 Å². The number of ether oxygens (including phenoxy) is 2. The Morgan fingerprint density at radius 1 is 0.968 bits per heavy atom. The van der Waals surface area contributed by atoms with E-state index in [2.05, 4.69) is 11.4 Å². The zero-order chi connectivity index (χ0) is 21.4. The Balaban J connectivity index is 1.25. The number of rotatable bonds is 8. The smallest absolute Gasteiger partial charge is 0.161 e. The van der Waals surface area contributed by atoms with Crippen LogP contribution in [0.2, 0.25) is 5.02 Å². The monoisotopic (exact) mass is 443 g/mol. The van der Waals surface area contributed by atoms with E-state index in [0.717, 1.165) is 30.2 Å². The van der Waals surface area contributed by atoms with Crippen LogP contribution >= 0.6 is 11.6 Å². The highest BCUT2D eigenvalue weighted by atomic mass is 35.5. The predicted molar refractivity (Wildman–Crippen MR) is 121 cm³/mol. The third kappa shape index (κ3) is 4.42. The molecule has 0 aliphatic heterocycles. The SMILES string of the molecule is CCOc1cc(CNC2C3CC4CC(C3)CC2C4)ccc1OCc1c(F)cccc1Cl. The second kappa shape index (κ2) is 8.99. The van der Waals surface area contributed by atoms with Crippen LogP contribution in [0, 0.1) is 29.5 Å². The second-order valence-electron chi connectivity index (χ2n) is 9.54. The number of hydrogen-bond donors (Lipinski definition) is 1. The van der Waals surface area contributed by atoms with Crippen molar-refractivity contribution in [1.82, 2.24) is 5.32 Å². The first-order valence-electron chi connectivity index (χ1n) is 11.7. The van der Waals surface area contributed by atoms with Crippen LogP contribution in [0.4, 0.5) is 4.39 Å². The summed E-state index contributed by atoms with van der Waals surface area (Å²) in [6.07, 6.45) is 7.15. The summed E-state index contributed by atoms with van der Waals surface area (Å²) in [5.41, 5.74) is 1.55. The minimum atomic E-state index is -0.359. The summed E-state index contributed by atoms with van der Waals surface area (Å²) in [6.45, 7) is 3.41. The van der Waals surface area contributed by atoms with Gasteiger partial charge in [-0.3, -0.25) is 0 Å². The number of nitrogens with one attached hydrogen (secondary N) is 1. The Hall–Kier alpha value is -1.78. The first-order chi connectivity index (χ1) is 15.1. The van der Waals surface area contributed by atoms with Crippen molar-refractivity contribution in [2.75, 3.05) is 6.61 Å². The quantitative estimate of drug-likeness (QED) is 0.514. The van der Waals surface area contributed by atoms with E-state index >= 15 is 0 Å². The molecule has 4 aliphatic carbocycles. The van der Waals surface area contributed by atoms with Crippen molar-refractivity contribution in [3.05, 3.63) is 58.4 Å². The molecule has 31 heavy (non-hydrogen) atoms. The van der Waals surface area contributed by atoms with E-state index in [0.29, 0.717) is 34.7 Å². The van der Waals surface area contributed by atoms with E-state index in [4.69, 9.17) is 21.1 Å². The van der Waals surface area contributed by atoms with Crippen LogP contribution in [-0.4, -0.2) is 12.6 Å². The highest BCUT2D eigenvalue weighted by Gasteiger charge is 2.47. The number of halogens is 2. The van der Waals surface area contributed by atoms with E-state index in [1.807, 2.05) is 19.1 Å². The highest BCUT2D eigenvalue weighted by Crippen LogP contribution is 2.53. The summed E-state index contributed by atoms with van der Waals surface area (Å²) >= 11 is 6.13. The van der Waals surface area contributed by atoms with Crippen LogP contribution in [-0.2, 0) is 13.2 Å². The number of benzene rings is 2. The zero-order valence-corrected chi connectivity index (χ0v) is 18.8. The van der Waals surface area contributed by atoms with Gasteiger partial charge in [-0.15, -0.1) is 0 Å². The maximum atomic E-state index is 14.1. The lowest BCUT2D eigenvalue weighted by molar-refractivity contribution is -0.0142. The van der Waals surface area contributed by atoms with Gasteiger partial charge in [0, 0.05) is 18.2 Å². The van der Waals surface area contributed by atoms with Crippen LogP contribution in [0.15, 0.2) is 36.4 Å². The Morgan fingerprint density at radius 3 is 2.39 bits per heavy atom. The van der Waals surface area contributed by atoms with Crippen LogP contribution in [0.5, 0.6) is 11.5 Å². The standard InChI is InChI=1S/C26H31ClFNO2/c1-2-30-25-13-16(6-7-24(25)31-15-21-22(27)4-3-5-23(21)28)14-29-26-19-9-17-8-18(11-19)12-20(26)10-17/h3-7,13,17-20,26,29H,2,8-12,14-15H2,1H3. The van der Waals surface area contributed by atoms with Crippen molar-refractivity contribution in [1.29, 1.82) is 0 Å². The van der Waals surface area contributed by atoms with Crippen molar-refractivity contribution >= 4 is 11.6 Å². The van der Waals surface area contributed by atoms with Crippen LogP contribution in [0.1, 0.15) is 50.2 Å². The van der Waals surface area contributed by atoms with Gasteiger partial charge in [-0.2, -0.15) is 0 Å². The molecule has 1 N–H and O–H groups in total. The minimum Gasteiger partial charge on any atom is -0.490 e. The molecule has 4 aliphatic rings. The fourth-order valence-electron chi connectivity index (χ4n) is 6.36. The van der Waals surface area contributed by atoms with E-state index in [1.54, 1.807) is 12.1 Å². The van der Waals surface area contributed by atoms with Gasteiger partial charge in [0.25, 0.3) is 0 Å². The lowest BCUT2D eigenvalue weighted by Gasteiger charge is -2.54.